The normalized spacial score (nSPS) is 18.2. The van der Waals surface area contributed by atoms with Crippen LogP contribution < -0.4 is 5.73 Å². The number of fused-ring (bicyclic) bond motifs is 1. The number of para-hydroxylation sites is 1. The molecule has 1 aliphatic carbocycles. The first-order valence-corrected chi connectivity index (χ1v) is 7.49. The molecule has 19 heavy (non-hydrogen) atoms. The van der Waals surface area contributed by atoms with Crippen molar-refractivity contribution in [3.8, 4) is 0 Å². The predicted molar refractivity (Wildman–Crippen MR) is 79.0 cm³/mol. The topological polar surface area (TPSA) is 43.8 Å². The van der Waals surface area contributed by atoms with Crippen molar-refractivity contribution in [2.24, 2.45) is 11.7 Å². The van der Waals surface area contributed by atoms with Crippen LogP contribution in [-0.2, 0) is 13.0 Å². The van der Waals surface area contributed by atoms with E-state index in [0.717, 1.165) is 13.0 Å². The zero-order valence-electron chi connectivity index (χ0n) is 11.7. The molecular weight excluding hydrogens is 234 g/mol. The number of aryl methyl sites for hydroxylation is 1. The highest BCUT2D eigenvalue weighted by Gasteiger charge is 2.23. The second-order valence-electron chi connectivity index (χ2n) is 5.69. The molecule has 0 aliphatic heterocycles. The molecule has 1 fully saturated rings. The quantitative estimate of drug-likeness (QED) is 0.914. The molecule has 3 rings (SSSR count). The Kier molecular flexibility index (Phi) is 3.56. The molecule has 1 aromatic carbocycles. The van der Waals surface area contributed by atoms with E-state index in [1.165, 1.54) is 42.3 Å². The average molecular weight is 257 g/mol. The van der Waals surface area contributed by atoms with Gasteiger partial charge in [-0.1, -0.05) is 31.0 Å². The monoisotopic (exact) mass is 257 g/mol. The van der Waals surface area contributed by atoms with Crippen LogP contribution >= 0.6 is 0 Å². The van der Waals surface area contributed by atoms with Crippen LogP contribution in [0.5, 0.6) is 0 Å². The third-order valence-corrected chi connectivity index (χ3v) is 4.47. The Morgan fingerprint density at radius 3 is 2.79 bits per heavy atom. The van der Waals surface area contributed by atoms with Crippen molar-refractivity contribution in [3.63, 3.8) is 0 Å². The molecule has 1 saturated carbocycles. The summed E-state index contributed by atoms with van der Waals surface area (Å²) in [6, 6.07) is 8.76. The van der Waals surface area contributed by atoms with E-state index in [1.807, 2.05) is 0 Å². The Balaban J connectivity index is 1.87. The van der Waals surface area contributed by atoms with Gasteiger partial charge in [-0.05, 0) is 31.7 Å². The van der Waals surface area contributed by atoms with Crippen LogP contribution in [0.1, 0.15) is 38.3 Å². The van der Waals surface area contributed by atoms with E-state index in [4.69, 9.17) is 10.8 Å². The van der Waals surface area contributed by atoms with E-state index in [9.17, 15) is 0 Å². The number of nitrogens with two attached hydrogens (primary N) is 1. The molecule has 0 spiro atoms. The Labute approximate surface area is 114 Å². The maximum absolute atomic E-state index is 6.40. The van der Waals surface area contributed by atoms with Crippen molar-refractivity contribution < 1.29 is 0 Å². The van der Waals surface area contributed by atoms with Gasteiger partial charge in [-0.3, -0.25) is 4.68 Å². The summed E-state index contributed by atoms with van der Waals surface area (Å²) >= 11 is 0. The Morgan fingerprint density at radius 1 is 1.32 bits per heavy atom. The summed E-state index contributed by atoms with van der Waals surface area (Å²) in [6.07, 6.45) is 6.21. The largest absolute Gasteiger partial charge is 0.327 e. The molecule has 3 nitrogen and oxygen atoms in total. The summed E-state index contributed by atoms with van der Waals surface area (Å²) in [4.78, 5) is 0. The number of hydrogen-bond acceptors (Lipinski definition) is 2. The van der Waals surface area contributed by atoms with Crippen LogP contribution in [0.2, 0.25) is 0 Å². The van der Waals surface area contributed by atoms with Gasteiger partial charge in [-0.15, -0.1) is 0 Å². The van der Waals surface area contributed by atoms with E-state index in [2.05, 4.69) is 35.9 Å². The molecule has 1 aliphatic rings. The van der Waals surface area contributed by atoms with E-state index in [1.54, 1.807) is 0 Å². The number of rotatable bonds is 4. The average Bonchev–Trinajstić information content (AvgIpc) is 3.07. The van der Waals surface area contributed by atoms with E-state index < -0.39 is 0 Å². The lowest BCUT2D eigenvalue weighted by Gasteiger charge is -2.17. The van der Waals surface area contributed by atoms with E-state index >= 15 is 0 Å². The summed E-state index contributed by atoms with van der Waals surface area (Å²) in [5.41, 5.74) is 8.82. The van der Waals surface area contributed by atoms with Crippen LogP contribution in [0.15, 0.2) is 24.3 Å². The minimum absolute atomic E-state index is 0.270. The minimum Gasteiger partial charge on any atom is -0.327 e. The van der Waals surface area contributed by atoms with Gasteiger partial charge in [-0.2, -0.15) is 5.10 Å². The highest BCUT2D eigenvalue weighted by Crippen LogP contribution is 2.29. The highest BCUT2D eigenvalue weighted by atomic mass is 15.3. The Hall–Kier alpha value is -1.35. The van der Waals surface area contributed by atoms with Crippen LogP contribution in [0, 0.1) is 5.92 Å². The van der Waals surface area contributed by atoms with Gasteiger partial charge in [0.2, 0.25) is 0 Å². The molecule has 102 valence electrons. The lowest BCUT2D eigenvalue weighted by molar-refractivity contribution is 0.425. The van der Waals surface area contributed by atoms with Gasteiger partial charge in [-0.25, -0.2) is 0 Å². The second-order valence-corrected chi connectivity index (χ2v) is 5.69. The summed E-state index contributed by atoms with van der Waals surface area (Å²) < 4.78 is 2.09. The van der Waals surface area contributed by atoms with Gasteiger partial charge in [0.05, 0.1) is 11.2 Å². The van der Waals surface area contributed by atoms with Crippen LogP contribution in [0.4, 0.5) is 0 Å². The summed E-state index contributed by atoms with van der Waals surface area (Å²) in [7, 11) is 0. The smallest absolute Gasteiger partial charge is 0.0718 e. The SMILES string of the molecule is CCn1nc(CC(N)C2CCCC2)c2ccccc21. The lowest BCUT2D eigenvalue weighted by Crippen LogP contribution is -2.30. The molecule has 0 saturated heterocycles. The van der Waals surface area contributed by atoms with E-state index in [-0.39, 0.29) is 6.04 Å². The summed E-state index contributed by atoms with van der Waals surface area (Å²) in [5.74, 6) is 0.700. The molecule has 0 bridgehead atoms. The van der Waals surface area contributed by atoms with Crippen molar-refractivity contribution in [1.29, 1.82) is 0 Å². The third kappa shape index (κ3) is 2.39. The number of benzene rings is 1. The predicted octanol–water partition coefficient (Wildman–Crippen LogP) is 3.12. The van der Waals surface area contributed by atoms with Crippen molar-refractivity contribution in [2.45, 2.75) is 51.6 Å². The van der Waals surface area contributed by atoms with Crippen LogP contribution in [0.3, 0.4) is 0 Å². The van der Waals surface area contributed by atoms with Gasteiger partial charge in [0.25, 0.3) is 0 Å². The zero-order chi connectivity index (χ0) is 13.2. The molecule has 1 atom stereocenters. The van der Waals surface area contributed by atoms with Gasteiger partial charge in [0, 0.05) is 24.4 Å². The lowest BCUT2D eigenvalue weighted by atomic mass is 9.94. The van der Waals surface area contributed by atoms with Crippen molar-refractivity contribution in [3.05, 3.63) is 30.0 Å². The van der Waals surface area contributed by atoms with Gasteiger partial charge < -0.3 is 5.73 Å². The standard InChI is InChI=1S/C16H23N3/c1-2-19-16-10-6-5-9-13(16)15(18-19)11-14(17)12-7-3-4-8-12/h5-6,9-10,12,14H,2-4,7-8,11,17H2,1H3. The fourth-order valence-electron chi connectivity index (χ4n) is 3.36. The summed E-state index contributed by atoms with van der Waals surface area (Å²) in [5, 5.41) is 6.03. The first-order valence-electron chi connectivity index (χ1n) is 7.49. The zero-order valence-corrected chi connectivity index (χ0v) is 11.7. The highest BCUT2D eigenvalue weighted by molar-refractivity contribution is 5.82. The molecule has 1 aromatic heterocycles. The third-order valence-electron chi connectivity index (χ3n) is 4.47. The van der Waals surface area contributed by atoms with E-state index in [0.29, 0.717) is 5.92 Å². The Bertz CT molecular complexity index is 552. The first-order chi connectivity index (χ1) is 9.29. The van der Waals surface area contributed by atoms with Crippen molar-refractivity contribution >= 4 is 10.9 Å². The molecule has 1 unspecified atom stereocenters. The van der Waals surface area contributed by atoms with Gasteiger partial charge in [0.1, 0.15) is 0 Å². The number of aromatic nitrogens is 2. The summed E-state index contributed by atoms with van der Waals surface area (Å²) in [6.45, 7) is 3.05. The van der Waals surface area contributed by atoms with Crippen LogP contribution in [-0.4, -0.2) is 15.8 Å². The maximum Gasteiger partial charge on any atom is 0.0718 e. The van der Waals surface area contributed by atoms with Gasteiger partial charge in [0.15, 0.2) is 0 Å². The fourth-order valence-corrected chi connectivity index (χ4v) is 3.36. The number of hydrogen-bond donors (Lipinski definition) is 1. The molecule has 3 heteroatoms. The second kappa shape index (κ2) is 5.33. The maximum atomic E-state index is 6.40. The van der Waals surface area contributed by atoms with Crippen LogP contribution in [0.25, 0.3) is 10.9 Å². The Morgan fingerprint density at radius 2 is 2.05 bits per heavy atom. The molecular formula is C16H23N3. The molecule has 2 N–H and O–H groups in total. The molecule has 0 amide bonds. The fraction of sp³-hybridized carbons (Fsp3) is 0.562. The molecule has 0 radical (unpaired) electrons. The molecule has 1 heterocycles. The molecule has 2 aromatic rings. The minimum atomic E-state index is 0.270. The first kappa shape index (κ1) is 12.7. The number of nitrogens with zero attached hydrogens (tertiary/aromatic N) is 2. The van der Waals surface area contributed by atoms with Crippen molar-refractivity contribution in [2.75, 3.05) is 0 Å². The van der Waals surface area contributed by atoms with Gasteiger partial charge >= 0.3 is 0 Å². The van der Waals surface area contributed by atoms with Crippen molar-refractivity contribution in [1.82, 2.24) is 9.78 Å².